The van der Waals surface area contributed by atoms with Crippen molar-refractivity contribution in [2.45, 2.75) is 38.1 Å². The van der Waals surface area contributed by atoms with Crippen LogP contribution in [0.1, 0.15) is 25.5 Å². The highest BCUT2D eigenvalue weighted by Crippen LogP contribution is 2.17. The van der Waals surface area contributed by atoms with Crippen LogP contribution >= 0.6 is 11.8 Å². The number of hydrogen-bond acceptors (Lipinski definition) is 6. The van der Waals surface area contributed by atoms with E-state index in [1.807, 2.05) is 13.8 Å². The summed E-state index contributed by atoms with van der Waals surface area (Å²) in [6, 6.07) is 6.46. The maximum absolute atomic E-state index is 12.1. The summed E-state index contributed by atoms with van der Waals surface area (Å²) in [6.45, 7) is 1.53. The predicted molar refractivity (Wildman–Crippen MR) is 88.7 cm³/mol. The van der Waals surface area contributed by atoms with Crippen molar-refractivity contribution in [1.29, 1.82) is 0 Å². The van der Waals surface area contributed by atoms with E-state index in [2.05, 4.69) is 25.6 Å². The van der Waals surface area contributed by atoms with Crippen LogP contribution in [0.15, 0.2) is 29.4 Å². The number of thioether (sulfide) groups is 1. The Morgan fingerprint density at radius 1 is 1.32 bits per heavy atom. The molecule has 0 aliphatic rings. The van der Waals surface area contributed by atoms with Crippen molar-refractivity contribution in [3.63, 3.8) is 0 Å². The molecule has 0 bridgehead atoms. The second-order valence-electron chi connectivity index (χ2n) is 5.41. The molecule has 0 saturated carbocycles. The summed E-state index contributed by atoms with van der Waals surface area (Å²) in [5, 5.41) is 14.8. The lowest BCUT2D eigenvalue weighted by molar-refractivity contribution is -0.118. The molecule has 1 N–H and O–H groups in total. The maximum atomic E-state index is 12.1. The van der Waals surface area contributed by atoms with E-state index in [0.717, 1.165) is 5.56 Å². The molecule has 0 radical (unpaired) electrons. The van der Waals surface area contributed by atoms with E-state index in [9.17, 15) is 13.6 Å². The van der Waals surface area contributed by atoms with Crippen molar-refractivity contribution < 1.29 is 18.3 Å². The first kappa shape index (κ1) is 19.1. The third-order valence-corrected chi connectivity index (χ3v) is 4.10. The number of rotatable bonds is 9. The number of tetrazole rings is 1. The minimum atomic E-state index is -2.83. The molecular formula is C15H19F2N5O2S. The number of nitrogens with zero attached hydrogens (tertiary/aromatic N) is 4. The number of benzene rings is 1. The Labute approximate surface area is 148 Å². The molecule has 2 aromatic rings. The van der Waals surface area contributed by atoms with Gasteiger partial charge < -0.3 is 10.1 Å². The fourth-order valence-corrected chi connectivity index (χ4v) is 2.81. The topological polar surface area (TPSA) is 81.9 Å². The van der Waals surface area contributed by atoms with Gasteiger partial charge in [-0.25, -0.2) is 4.68 Å². The molecule has 0 aliphatic carbocycles. The summed E-state index contributed by atoms with van der Waals surface area (Å²) in [5.74, 6) is 0.205. The molecule has 1 amide bonds. The van der Waals surface area contributed by atoms with E-state index in [1.165, 1.54) is 23.9 Å². The van der Waals surface area contributed by atoms with Crippen LogP contribution in [0.3, 0.4) is 0 Å². The first-order chi connectivity index (χ1) is 12.0. The minimum Gasteiger partial charge on any atom is -0.435 e. The highest BCUT2D eigenvalue weighted by atomic mass is 32.2. The van der Waals surface area contributed by atoms with Crippen LogP contribution in [-0.4, -0.2) is 45.0 Å². The van der Waals surface area contributed by atoms with Gasteiger partial charge in [0.1, 0.15) is 5.75 Å². The van der Waals surface area contributed by atoms with Crippen LogP contribution in [0.5, 0.6) is 5.75 Å². The molecule has 1 aromatic heterocycles. The molecule has 0 aliphatic heterocycles. The normalized spacial score (nSPS) is 11.1. The van der Waals surface area contributed by atoms with E-state index in [1.54, 1.807) is 16.8 Å². The number of alkyl halides is 2. The molecule has 0 fully saturated rings. The lowest BCUT2D eigenvalue weighted by Gasteiger charge is -2.08. The molecule has 7 nitrogen and oxygen atoms in total. The number of carbonyl (C=O) groups is 1. The standard InChI is InChI=1S/C15H19F2N5O2S/c1-10(2)22-15(19-20-21-22)25-9-13(23)18-8-7-11-3-5-12(6-4-11)24-14(16)17/h3-6,10,14H,7-9H2,1-2H3,(H,18,23). The second-order valence-corrected chi connectivity index (χ2v) is 6.35. The SMILES string of the molecule is CC(C)n1nnnc1SCC(=O)NCCc1ccc(OC(F)F)cc1. The molecular weight excluding hydrogens is 352 g/mol. The molecule has 25 heavy (non-hydrogen) atoms. The number of carbonyl (C=O) groups excluding carboxylic acids is 1. The fourth-order valence-electron chi connectivity index (χ4n) is 1.97. The summed E-state index contributed by atoms with van der Waals surface area (Å²) in [6.07, 6.45) is 0.592. The molecule has 10 heteroatoms. The molecule has 0 unspecified atom stereocenters. The van der Waals surface area contributed by atoms with E-state index in [0.29, 0.717) is 18.1 Å². The number of hydrogen-bond donors (Lipinski definition) is 1. The van der Waals surface area contributed by atoms with Gasteiger partial charge in [-0.3, -0.25) is 4.79 Å². The Bertz CT molecular complexity index is 679. The Kier molecular flexibility index (Phi) is 7.11. The summed E-state index contributed by atoms with van der Waals surface area (Å²) >= 11 is 1.27. The van der Waals surface area contributed by atoms with Crippen LogP contribution in [0.25, 0.3) is 0 Å². The molecule has 0 saturated heterocycles. The minimum absolute atomic E-state index is 0.113. The molecule has 2 rings (SSSR count). The van der Waals surface area contributed by atoms with Gasteiger partial charge in [-0.1, -0.05) is 23.9 Å². The summed E-state index contributed by atoms with van der Waals surface area (Å²) in [4.78, 5) is 11.9. The van der Waals surface area contributed by atoms with E-state index in [4.69, 9.17) is 0 Å². The van der Waals surface area contributed by atoms with Crippen LogP contribution in [0.4, 0.5) is 8.78 Å². The van der Waals surface area contributed by atoms with Crippen LogP contribution in [-0.2, 0) is 11.2 Å². The zero-order chi connectivity index (χ0) is 18.2. The molecule has 1 heterocycles. The van der Waals surface area contributed by atoms with Gasteiger partial charge >= 0.3 is 6.61 Å². The number of ether oxygens (including phenoxy) is 1. The largest absolute Gasteiger partial charge is 0.435 e. The number of nitrogens with one attached hydrogen (secondary N) is 1. The van der Waals surface area contributed by atoms with Crippen molar-refractivity contribution in [1.82, 2.24) is 25.5 Å². The molecule has 0 atom stereocenters. The number of amides is 1. The van der Waals surface area contributed by atoms with Crippen molar-refractivity contribution in [2.24, 2.45) is 0 Å². The zero-order valence-electron chi connectivity index (χ0n) is 13.9. The summed E-state index contributed by atoms with van der Waals surface area (Å²) < 4.78 is 30.1. The van der Waals surface area contributed by atoms with Gasteiger partial charge in [0.2, 0.25) is 11.1 Å². The fraction of sp³-hybridized carbons (Fsp3) is 0.467. The summed E-state index contributed by atoms with van der Waals surface area (Å²) in [7, 11) is 0. The molecule has 0 spiro atoms. The smallest absolute Gasteiger partial charge is 0.387 e. The van der Waals surface area contributed by atoms with E-state index < -0.39 is 6.61 Å². The lowest BCUT2D eigenvalue weighted by Crippen LogP contribution is -2.27. The van der Waals surface area contributed by atoms with Crippen molar-refractivity contribution in [2.75, 3.05) is 12.3 Å². The summed E-state index contributed by atoms with van der Waals surface area (Å²) in [5.41, 5.74) is 0.915. The van der Waals surface area contributed by atoms with Gasteiger partial charge in [-0.2, -0.15) is 8.78 Å². The third-order valence-electron chi connectivity index (χ3n) is 3.17. The maximum Gasteiger partial charge on any atom is 0.387 e. The Balaban J connectivity index is 1.70. The number of aromatic nitrogens is 4. The lowest BCUT2D eigenvalue weighted by atomic mass is 10.1. The second kappa shape index (κ2) is 9.30. The molecule has 136 valence electrons. The highest BCUT2D eigenvalue weighted by molar-refractivity contribution is 7.99. The van der Waals surface area contributed by atoms with Crippen molar-refractivity contribution in [3.05, 3.63) is 29.8 Å². The zero-order valence-corrected chi connectivity index (χ0v) is 14.7. The quantitative estimate of drug-likeness (QED) is 0.681. The Hall–Kier alpha value is -2.23. The van der Waals surface area contributed by atoms with Gasteiger partial charge in [0.15, 0.2) is 0 Å². The molecule has 1 aromatic carbocycles. The predicted octanol–water partition coefficient (Wildman–Crippen LogP) is 2.31. The number of halogens is 2. The van der Waals surface area contributed by atoms with Crippen molar-refractivity contribution in [3.8, 4) is 5.75 Å². The van der Waals surface area contributed by atoms with E-state index >= 15 is 0 Å². The van der Waals surface area contributed by atoms with Gasteiger partial charge in [0, 0.05) is 6.54 Å². The average molecular weight is 371 g/mol. The Morgan fingerprint density at radius 3 is 2.68 bits per heavy atom. The van der Waals surface area contributed by atoms with E-state index in [-0.39, 0.29) is 23.5 Å². The first-order valence-electron chi connectivity index (χ1n) is 7.67. The average Bonchev–Trinajstić information content (AvgIpc) is 3.03. The van der Waals surface area contributed by atoms with Crippen LogP contribution in [0.2, 0.25) is 0 Å². The van der Waals surface area contributed by atoms with Gasteiger partial charge in [0.05, 0.1) is 11.8 Å². The van der Waals surface area contributed by atoms with Crippen LogP contribution in [0, 0.1) is 0 Å². The van der Waals surface area contributed by atoms with Gasteiger partial charge in [-0.05, 0) is 48.4 Å². The third kappa shape index (κ3) is 6.29. The first-order valence-corrected chi connectivity index (χ1v) is 8.65. The highest BCUT2D eigenvalue weighted by Gasteiger charge is 2.11. The van der Waals surface area contributed by atoms with Gasteiger partial charge in [0.25, 0.3) is 0 Å². The van der Waals surface area contributed by atoms with Crippen molar-refractivity contribution >= 4 is 17.7 Å². The van der Waals surface area contributed by atoms with Crippen LogP contribution < -0.4 is 10.1 Å². The monoisotopic (exact) mass is 371 g/mol. The van der Waals surface area contributed by atoms with Gasteiger partial charge in [-0.15, -0.1) is 5.10 Å². The Morgan fingerprint density at radius 2 is 2.04 bits per heavy atom.